The summed E-state index contributed by atoms with van der Waals surface area (Å²) in [6, 6.07) is 11.5. The number of benzene rings is 2. The van der Waals surface area contributed by atoms with E-state index in [1.54, 1.807) is 31.2 Å². The van der Waals surface area contributed by atoms with E-state index in [-0.39, 0.29) is 11.7 Å². The number of hydrogen-bond donors (Lipinski definition) is 2. The van der Waals surface area contributed by atoms with Crippen molar-refractivity contribution >= 4 is 17.5 Å². The molecule has 2 rings (SSSR count). The van der Waals surface area contributed by atoms with Gasteiger partial charge >= 0.3 is 0 Å². The molecule has 2 unspecified atom stereocenters. The lowest BCUT2D eigenvalue weighted by Gasteiger charge is -2.20. The summed E-state index contributed by atoms with van der Waals surface area (Å²) in [5.41, 5.74) is 0.998. The minimum Gasteiger partial charge on any atom is -0.386 e. The van der Waals surface area contributed by atoms with Crippen LogP contribution in [0.4, 0.5) is 4.39 Å². The molecule has 2 atom stereocenters. The summed E-state index contributed by atoms with van der Waals surface area (Å²) in [6.45, 7) is 1.68. The maximum Gasteiger partial charge on any atom is 0.251 e. The van der Waals surface area contributed by atoms with Crippen molar-refractivity contribution in [3.05, 3.63) is 70.5 Å². The molecule has 0 aromatic heterocycles. The Hall–Kier alpha value is -1.91. The third-order valence-electron chi connectivity index (χ3n) is 3.15. The molecular formula is C16H15ClFNO2. The predicted octanol–water partition coefficient (Wildman–Crippen LogP) is 3.33. The minimum atomic E-state index is -0.915. The highest BCUT2D eigenvalue weighted by molar-refractivity contribution is 6.30. The summed E-state index contributed by atoms with van der Waals surface area (Å²) < 4.78 is 12.9. The Labute approximate surface area is 127 Å². The Balaban J connectivity index is 2.03. The van der Waals surface area contributed by atoms with E-state index in [4.69, 9.17) is 11.6 Å². The van der Waals surface area contributed by atoms with Crippen molar-refractivity contribution in [2.45, 2.75) is 19.1 Å². The number of nitrogens with one attached hydrogen (secondary N) is 1. The number of carbonyl (C=O) groups excluding carboxylic acids is 1. The van der Waals surface area contributed by atoms with Crippen LogP contribution in [0.25, 0.3) is 0 Å². The second-order valence-corrected chi connectivity index (χ2v) is 5.20. The number of amides is 1. The van der Waals surface area contributed by atoms with E-state index in [1.807, 2.05) is 0 Å². The second kappa shape index (κ2) is 6.70. The molecule has 0 saturated carbocycles. The standard InChI is InChI=1S/C16H15ClFNO2/c1-10(15(20)11-4-8-14(18)9-5-11)19-16(21)12-2-6-13(17)7-3-12/h2-10,15,20H,1H3,(H,19,21). The molecule has 2 aromatic rings. The molecule has 0 spiro atoms. The smallest absolute Gasteiger partial charge is 0.251 e. The molecule has 3 nitrogen and oxygen atoms in total. The zero-order valence-corrected chi connectivity index (χ0v) is 12.1. The van der Waals surface area contributed by atoms with Crippen LogP contribution in [0.15, 0.2) is 48.5 Å². The van der Waals surface area contributed by atoms with Gasteiger partial charge in [-0.15, -0.1) is 0 Å². The molecule has 0 aliphatic heterocycles. The van der Waals surface area contributed by atoms with Gasteiger partial charge in [0.05, 0.1) is 12.1 Å². The fraction of sp³-hybridized carbons (Fsp3) is 0.188. The van der Waals surface area contributed by atoms with Crippen LogP contribution < -0.4 is 5.32 Å². The van der Waals surface area contributed by atoms with Gasteiger partial charge in [-0.05, 0) is 48.9 Å². The molecule has 0 bridgehead atoms. The largest absolute Gasteiger partial charge is 0.386 e. The molecule has 2 aromatic carbocycles. The van der Waals surface area contributed by atoms with Crippen LogP contribution in [0.2, 0.25) is 5.02 Å². The number of hydrogen-bond acceptors (Lipinski definition) is 2. The fourth-order valence-corrected chi connectivity index (χ4v) is 2.04. The average molecular weight is 308 g/mol. The highest BCUT2D eigenvalue weighted by Crippen LogP contribution is 2.18. The van der Waals surface area contributed by atoms with E-state index < -0.39 is 12.1 Å². The first-order chi connectivity index (χ1) is 9.97. The van der Waals surface area contributed by atoms with Crippen LogP contribution >= 0.6 is 11.6 Å². The predicted molar refractivity (Wildman–Crippen MR) is 79.7 cm³/mol. The highest BCUT2D eigenvalue weighted by Gasteiger charge is 2.19. The molecule has 0 aliphatic rings. The Morgan fingerprint density at radius 2 is 1.71 bits per heavy atom. The van der Waals surface area contributed by atoms with Gasteiger partial charge in [-0.3, -0.25) is 4.79 Å². The van der Waals surface area contributed by atoms with E-state index in [0.717, 1.165) is 0 Å². The first kappa shape index (κ1) is 15.5. The van der Waals surface area contributed by atoms with Crippen molar-refractivity contribution in [1.29, 1.82) is 0 Å². The van der Waals surface area contributed by atoms with Crippen molar-refractivity contribution in [2.24, 2.45) is 0 Å². The van der Waals surface area contributed by atoms with E-state index >= 15 is 0 Å². The first-order valence-corrected chi connectivity index (χ1v) is 6.85. The normalized spacial score (nSPS) is 13.5. The molecule has 110 valence electrons. The molecule has 1 amide bonds. The molecular weight excluding hydrogens is 293 g/mol. The van der Waals surface area contributed by atoms with Crippen molar-refractivity contribution < 1.29 is 14.3 Å². The molecule has 2 N–H and O–H groups in total. The first-order valence-electron chi connectivity index (χ1n) is 6.47. The lowest BCUT2D eigenvalue weighted by atomic mass is 10.0. The van der Waals surface area contributed by atoms with Crippen molar-refractivity contribution in [2.75, 3.05) is 0 Å². The summed E-state index contributed by atoms with van der Waals surface area (Å²) in [5.74, 6) is -0.677. The zero-order chi connectivity index (χ0) is 15.4. The average Bonchev–Trinajstić information content (AvgIpc) is 2.47. The number of aliphatic hydroxyl groups excluding tert-OH is 1. The van der Waals surface area contributed by atoms with E-state index in [2.05, 4.69) is 5.32 Å². The lowest BCUT2D eigenvalue weighted by Crippen LogP contribution is -2.37. The zero-order valence-electron chi connectivity index (χ0n) is 11.4. The number of aliphatic hydroxyl groups is 1. The molecule has 0 saturated heterocycles. The van der Waals surface area contributed by atoms with Gasteiger partial charge in [-0.25, -0.2) is 4.39 Å². The summed E-state index contributed by atoms with van der Waals surface area (Å²) >= 11 is 5.76. The van der Waals surface area contributed by atoms with Crippen LogP contribution in [0.5, 0.6) is 0 Å². The number of rotatable bonds is 4. The molecule has 0 aliphatic carbocycles. The number of carbonyl (C=O) groups is 1. The van der Waals surface area contributed by atoms with Crippen LogP contribution in [-0.4, -0.2) is 17.1 Å². The van der Waals surface area contributed by atoms with Crippen molar-refractivity contribution in [3.8, 4) is 0 Å². The quantitative estimate of drug-likeness (QED) is 0.910. The van der Waals surface area contributed by atoms with Gasteiger partial charge in [0.15, 0.2) is 0 Å². The minimum absolute atomic E-state index is 0.305. The summed E-state index contributed by atoms with van der Waals surface area (Å²) in [6.07, 6.45) is -0.915. The molecule has 5 heteroatoms. The Bertz CT molecular complexity index is 613. The fourth-order valence-electron chi connectivity index (χ4n) is 1.92. The third-order valence-corrected chi connectivity index (χ3v) is 3.40. The van der Waals surface area contributed by atoms with E-state index in [1.165, 1.54) is 24.3 Å². The van der Waals surface area contributed by atoms with Crippen LogP contribution in [-0.2, 0) is 0 Å². The molecule has 0 heterocycles. The third kappa shape index (κ3) is 4.03. The maximum absolute atomic E-state index is 12.9. The Morgan fingerprint density at radius 3 is 2.29 bits per heavy atom. The van der Waals surface area contributed by atoms with E-state index in [0.29, 0.717) is 16.1 Å². The summed E-state index contributed by atoms with van der Waals surface area (Å²) in [5, 5.41) is 13.4. The molecule has 21 heavy (non-hydrogen) atoms. The van der Waals surface area contributed by atoms with Crippen LogP contribution in [0, 0.1) is 5.82 Å². The van der Waals surface area contributed by atoms with Crippen molar-refractivity contribution in [3.63, 3.8) is 0 Å². The second-order valence-electron chi connectivity index (χ2n) is 4.77. The van der Waals surface area contributed by atoms with E-state index in [9.17, 15) is 14.3 Å². The maximum atomic E-state index is 12.9. The van der Waals surface area contributed by atoms with Gasteiger partial charge in [0, 0.05) is 10.6 Å². The Morgan fingerprint density at radius 1 is 1.14 bits per heavy atom. The van der Waals surface area contributed by atoms with Gasteiger partial charge in [-0.1, -0.05) is 23.7 Å². The monoisotopic (exact) mass is 307 g/mol. The Kier molecular flexibility index (Phi) is 4.94. The van der Waals surface area contributed by atoms with Gasteiger partial charge in [0.25, 0.3) is 5.91 Å². The van der Waals surface area contributed by atoms with Crippen LogP contribution in [0.1, 0.15) is 28.9 Å². The SMILES string of the molecule is CC(NC(=O)c1ccc(Cl)cc1)C(O)c1ccc(F)cc1. The topological polar surface area (TPSA) is 49.3 Å². The molecule has 0 fully saturated rings. The lowest BCUT2D eigenvalue weighted by molar-refractivity contribution is 0.0852. The van der Waals surface area contributed by atoms with Gasteiger partial charge in [-0.2, -0.15) is 0 Å². The highest BCUT2D eigenvalue weighted by atomic mass is 35.5. The van der Waals surface area contributed by atoms with Gasteiger partial charge in [0.2, 0.25) is 0 Å². The number of halogens is 2. The summed E-state index contributed by atoms with van der Waals surface area (Å²) in [7, 11) is 0. The van der Waals surface area contributed by atoms with Crippen LogP contribution in [0.3, 0.4) is 0 Å². The van der Waals surface area contributed by atoms with Crippen molar-refractivity contribution in [1.82, 2.24) is 5.32 Å². The summed E-state index contributed by atoms with van der Waals surface area (Å²) in [4.78, 5) is 12.0. The van der Waals surface area contributed by atoms with Gasteiger partial charge < -0.3 is 10.4 Å². The molecule has 0 radical (unpaired) electrons. The van der Waals surface area contributed by atoms with Gasteiger partial charge in [0.1, 0.15) is 5.82 Å².